The molecule has 0 fully saturated rings. The minimum atomic E-state index is -0.869. The monoisotopic (exact) mass is 248 g/mol. The molecule has 0 spiro atoms. The molecule has 3 N–H and O–H groups in total. The van der Waals surface area contributed by atoms with E-state index in [0.717, 1.165) is 6.07 Å². The van der Waals surface area contributed by atoms with Crippen molar-refractivity contribution < 1.29 is 13.6 Å². The summed E-state index contributed by atoms with van der Waals surface area (Å²) in [6, 6.07) is 9.98. The summed E-state index contributed by atoms with van der Waals surface area (Å²) < 4.78 is 26.3. The van der Waals surface area contributed by atoms with E-state index < -0.39 is 17.5 Å². The largest absolute Gasteiger partial charge is 0.396 e. The van der Waals surface area contributed by atoms with Gasteiger partial charge in [-0.3, -0.25) is 4.79 Å². The van der Waals surface area contributed by atoms with E-state index in [2.05, 4.69) is 5.32 Å². The molecule has 2 rings (SSSR count). The Morgan fingerprint density at radius 2 is 1.72 bits per heavy atom. The van der Waals surface area contributed by atoms with Crippen LogP contribution in [0.2, 0.25) is 0 Å². The first-order chi connectivity index (χ1) is 8.58. The van der Waals surface area contributed by atoms with Gasteiger partial charge in [-0.05, 0) is 18.2 Å². The number of amides is 1. The minimum absolute atomic E-state index is 0.150. The quantitative estimate of drug-likeness (QED) is 0.803. The molecule has 0 saturated carbocycles. The Bertz CT molecular complexity index is 585. The molecule has 0 unspecified atom stereocenters. The molecule has 1 amide bonds. The lowest BCUT2D eigenvalue weighted by molar-refractivity contribution is 0.102. The smallest absolute Gasteiger partial charge is 0.255 e. The lowest BCUT2D eigenvalue weighted by Gasteiger charge is -2.07. The second-order valence-electron chi connectivity index (χ2n) is 3.67. The molecule has 0 aromatic heterocycles. The molecule has 18 heavy (non-hydrogen) atoms. The normalized spacial score (nSPS) is 10.1. The molecular weight excluding hydrogens is 238 g/mol. The number of anilines is 2. The van der Waals surface area contributed by atoms with E-state index in [9.17, 15) is 13.6 Å². The van der Waals surface area contributed by atoms with Gasteiger partial charge in [0.2, 0.25) is 0 Å². The first-order valence-corrected chi connectivity index (χ1v) is 5.19. The van der Waals surface area contributed by atoms with Crippen LogP contribution in [0.4, 0.5) is 20.2 Å². The van der Waals surface area contributed by atoms with Crippen molar-refractivity contribution in [2.75, 3.05) is 11.1 Å². The van der Waals surface area contributed by atoms with Gasteiger partial charge in [-0.1, -0.05) is 18.2 Å². The zero-order chi connectivity index (χ0) is 13.1. The second kappa shape index (κ2) is 4.83. The van der Waals surface area contributed by atoms with Crippen LogP contribution < -0.4 is 11.1 Å². The second-order valence-corrected chi connectivity index (χ2v) is 3.67. The number of carbonyl (C=O) groups excluding carboxylic acids is 1. The summed E-state index contributed by atoms with van der Waals surface area (Å²) in [5.74, 6) is -2.21. The number of carbonyl (C=O) groups is 1. The molecule has 0 aliphatic rings. The van der Waals surface area contributed by atoms with Crippen molar-refractivity contribution in [2.24, 2.45) is 0 Å². The first kappa shape index (κ1) is 12.0. The minimum Gasteiger partial charge on any atom is -0.396 e. The summed E-state index contributed by atoms with van der Waals surface area (Å²) in [4.78, 5) is 11.8. The molecule has 2 aromatic rings. The molecule has 0 aliphatic carbocycles. The molecule has 0 saturated heterocycles. The predicted molar refractivity (Wildman–Crippen MR) is 65.2 cm³/mol. The number of nitrogens with two attached hydrogens (primary N) is 1. The number of nitrogen functional groups attached to an aromatic ring is 1. The van der Waals surface area contributed by atoms with Gasteiger partial charge in [0, 0.05) is 11.6 Å². The molecule has 92 valence electrons. The highest BCUT2D eigenvalue weighted by molar-refractivity contribution is 6.04. The van der Waals surface area contributed by atoms with E-state index in [0.29, 0.717) is 11.6 Å². The summed E-state index contributed by atoms with van der Waals surface area (Å²) in [5.41, 5.74) is 5.31. The molecule has 0 atom stereocenters. The summed E-state index contributed by atoms with van der Waals surface area (Å²) in [6.07, 6.45) is 0. The summed E-state index contributed by atoms with van der Waals surface area (Å²) in [5, 5.41) is 2.33. The lowest BCUT2D eigenvalue weighted by atomic mass is 10.2. The van der Waals surface area contributed by atoms with Gasteiger partial charge in [-0.15, -0.1) is 0 Å². The molecule has 0 heterocycles. The van der Waals surface area contributed by atoms with Gasteiger partial charge in [0.25, 0.3) is 5.91 Å². The van der Waals surface area contributed by atoms with Crippen molar-refractivity contribution in [3.63, 3.8) is 0 Å². The number of halogens is 2. The van der Waals surface area contributed by atoms with Gasteiger partial charge >= 0.3 is 0 Å². The summed E-state index contributed by atoms with van der Waals surface area (Å²) >= 11 is 0. The van der Waals surface area contributed by atoms with Crippen LogP contribution in [0.1, 0.15) is 10.4 Å². The molecule has 5 heteroatoms. The molecule has 0 radical (unpaired) electrons. The average Bonchev–Trinajstić information content (AvgIpc) is 2.37. The maximum absolute atomic E-state index is 13.4. The molecule has 2 aromatic carbocycles. The maximum Gasteiger partial charge on any atom is 0.255 e. The van der Waals surface area contributed by atoms with Gasteiger partial charge in [-0.25, -0.2) is 8.78 Å². The van der Waals surface area contributed by atoms with Crippen molar-refractivity contribution in [1.29, 1.82) is 0 Å². The van der Waals surface area contributed by atoms with Gasteiger partial charge in [0.15, 0.2) is 0 Å². The van der Waals surface area contributed by atoms with Crippen molar-refractivity contribution in [2.45, 2.75) is 0 Å². The maximum atomic E-state index is 13.4. The Kier molecular flexibility index (Phi) is 3.23. The molecule has 0 aliphatic heterocycles. The standard InChI is InChI=1S/C13H10F2N2O/c14-9-6-10(15)12(7-11(9)16)17-13(18)8-4-2-1-3-5-8/h1-7H,16H2,(H,17,18). The van der Waals surface area contributed by atoms with Crippen LogP contribution in [0.15, 0.2) is 42.5 Å². The van der Waals surface area contributed by atoms with Crippen LogP contribution in [-0.4, -0.2) is 5.91 Å². The number of hydrogen-bond acceptors (Lipinski definition) is 2. The Labute approximate surface area is 102 Å². The topological polar surface area (TPSA) is 55.1 Å². The number of nitrogens with one attached hydrogen (secondary N) is 1. The Morgan fingerprint density at radius 1 is 1.06 bits per heavy atom. The van der Waals surface area contributed by atoms with Gasteiger partial charge in [0.1, 0.15) is 11.6 Å². The predicted octanol–water partition coefficient (Wildman–Crippen LogP) is 2.80. The van der Waals surface area contributed by atoms with Gasteiger partial charge < -0.3 is 11.1 Å². The van der Waals surface area contributed by atoms with Crippen LogP contribution in [0.3, 0.4) is 0 Å². The highest BCUT2D eigenvalue weighted by Gasteiger charge is 2.11. The van der Waals surface area contributed by atoms with Crippen LogP contribution in [0.5, 0.6) is 0 Å². The lowest BCUT2D eigenvalue weighted by Crippen LogP contribution is -2.13. The third-order valence-corrected chi connectivity index (χ3v) is 2.37. The Hall–Kier alpha value is -2.43. The molecular formula is C13H10F2N2O. The fourth-order valence-electron chi connectivity index (χ4n) is 1.45. The number of benzene rings is 2. The van der Waals surface area contributed by atoms with E-state index in [1.165, 1.54) is 0 Å². The van der Waals surface area contributed by atoms with Crippen molar-refractivity contribution >= 4 is 17.3 Å². The van der Waals surface area contributed by atoms with Crippen molar-refractivity contribution in [1.82, 2.24) is 0 Å². The summed E-state index contributed by atoms with van der Waals surface area (Å²) in [6.45, 7) is 0. The van der Waals surface area contributed by atoms with Crippen LogP contribution in [0, 0.1) is 11.6 Å². The van der Waals surface area contributed by atoms with E-state index >= 15 is 0 Å². The number of hydrogen-bond donors (Lipinski definition) is 2. The third kappa shape index (κ3) is 2.45. The molecule has 0 bridgehead atoms. The number of rotatable bonds is 2. The SMILES string of the molecule is Nc1cc(NC(=O)c2ccccc2)c(F)cc1F. The first-order valence-electron chi connectivity index (χ1n) is 5.19. The Balaban J connectivity index is 2.25. The highest BCUT2D eigenvalue weighted by atomic mass is 19.1. The van der Waals surface area contributed by atoms with Gasteiger partial charge in [-0.2, -0.15) is 0 Å². The molecule has 3 nitrogen and oxygen atoms in total. The third-order valence-electron chi connectivity index (χ3n) is 2.37. The fourth-order valence-corrected chi connectivity index (χ4v) is 1.45. The van der Waals surface area contributed by atoms with E-state index in [4.69, 9.17) is 5.73 Å². The van der Waals surface area contributed by atoms with E-state index in [1.807, 2.05) is 0 Å². The van der Waals surface area contributed by atoms with Gasteiger partial charge in [0.05, 0.1) is 11.4 Å². The highest BCUT2D eigenvalue weighted by Crippen LogP contribution is 2.21. The zero-order valence-electron chi connectivity index (χ0n) is 9.28. The van der Waals surface area contributed by atoms with Crippen molar-refractivity contribution in [3.8, 4) is 0 Å². The summed E-state index contributed by atoms with van der Waals surface area (Å²) in [7, 11) is 0. The van der Waals surface area contributed by atoms with E-state index in [1.54, 1.807) is 30.3 Å². The van der Waals surface area contributed by atoms with Crippen LogP contribution in [-0.2, 0) is 0 Å². The van der Waals surface area contributed by atoms with E-state index in [-0.39, 0.29) is 11.4 Å². The van der Waals surface area contributed by atoms with Crippen molar-refractivity contribution in [3.05, 3.63) is 59.7 Å². The van der Waals surface area contributed by atoms with Crippen LogP contribution in [0.25, 0.3) is 0 Å². The zero-order valence-corrected chi connectivity index (χ0v) is 9.28. The van der Waals surface area contributed by atoms with Crippen LogP contribution >= 0.6 is 0 Å². The Morgan fingerprint density at radius 3 is 2.39 bits per heavy atom. The fraction of sp³-hybridized carbons (Fsp3) is 0. The average molecular weight is 248 g/mol.